The Balaban J connectivity index is 2.60. The lowest BCUT2D eigenvalue weighted by Gasteiger charge is -2.17. The number of hydrogen-bond donors (Lipinski definition) is 2. The average molecular weight is 266 g/mol. The third kappa shape index (κ3) is 5.98. The molecule has 0 aromatic carbocycles. The van der Waals surface area contributed by atoms with Gasteiger partial charge in [-0.3, -0.25) is 4.79 Å². The van der Waals surface area contributed by atoms with Crippen LogP contribution in [0.3, 0.4) is 0 Å². The third-order valence-corrected chi connectivity index (χ3v) is 3.14. The standard InChI is InChI=1S/C14H26N4O/c1-4-8-15-11-12-10-14(19)17-13(16-12)7-9-18(5-2)6-3/h10,15H,4-9,11H2,1-3H3,(H,16,17,19). The van der Waals surface area contributed by atoms with Gasteiger partial charge in [0.15, 0.2) is 0 Å². The van der Waals surface area contributed by atoms with Crippen LogP contribution in [-0.2, 0) is 13.0 Å². The van der Waals surface area contributed by atoms with Gasteiger partial charge in [-0.05, 0) is 26.1 Å². The maximum Gasteiger partial charge on any atom is 0.251 e. The van der Waals surface area contributed by atoms with Gasteiger partial charge in [0, 0.05) is 25.6 Å². The molecule has 0 unspecified atom stereocenters. The topological polar surface area (TPSA) is 61.0 Å². The summed E-state index contributed by atoms with van der Waals surface area (Å²) in [7, 11) is 0. The minimum atomic E-state index is -0.0576. The lowest BCUT2D eigenvalue weighted by atomic mass is 10.3. The highest BCUT2D eigenvalue weighted by Gasteiger charge is 2.04. The normalized spacial score (nSPS) is 11.2. The largest absolute Gasteiger partial charge is 0.311 e. The van der Waals surface area contributed by atoms with Gasteiger partial charge in [-0.15, -0.1) is 0 Å². The molecule has 1 rings (SSSR count). The maximum atomic E-state index is 11.6. The number of aromatic amines is 1. The van der Waals surface area contributed by atoms with Crippen molar-refractivity contribution in [2.24, 2.45) is 0 Å². The highest BCUT2D eigenvalue weighted by atomic mass is 16.1. The second kappa shape index (κ2) is 8.82. The van der Waals surface area contributed by atoms with Crippen LogP contribution in [0, 0.1) is 0 Å². The summed E-state index contributed by atoms with van der Waals surface area (Å²) in [6.45, 7) is 11.0. The summed E-state index contributed by atoms with van der Waals surface area (Å²) in [5, 5.41) is 3.27. The second-order valence-electron chi connectivity index (χ2n) is 4.64. The van der Waals surface area contributed by atoms with Gasteiger partial charge >= 0.3 is 0 Å². The number of rotatable bonds is 9. The van der Waals surface area contributed by atoms with Crippen LogP contribution in [0.25, 0.3) is 0 Å². The summed E-state index contributed by atoms with van der Waals surface area (Å²) >= 11 is 0. The molecule has 0 fully saturated rings. The number of nitrogens with one attached hydrogen (secondary N) is 2. The smallest absolute Gasteiger partial charge is 0.251 e. The Kier molecular flexibility index (Phi) is 7.36. The zero-order chi connectivity index (χ0) is 14.1. The van der Waals surface area contributed by atoms with E-state index >= 15 is 0 Å². The molecule has 0 atom stereocenters. The fourth-order valence-corrected chi connectivity index (χ4v) is 1.97. The number of nitrogens with zero attached hydrogens (tertiary/aromatic N) is 2. The summed E-state index contributed by atoms with van der Waals surface area (Å²) in [6.07, 6.45) is 1.87. The van der Waals surface area contributed by atoms with E-state index in [4.69, 9.17) is 0 Å². The first-order chi connectivity index (χ1) is 9.19. The van der Waals surface area contributed by atoms with Crippen molar-refractivity contribution in [3.8, 4) is 0 Å². The quantitative estimate of drug-likeness (QED) is 0.658. The van der Waals surface area contributed by atoms with Crippen LogP contribution in [0.1, 0.15) is 38.7 Å². The molecule has 1 aromatic heterocycles. The molecule has 0 saturated heterocycles. The van der Waals surface area contributed by atoms with Crippen molar-refractivity contribution in [1.82, 2.24) is 20.2 Å². The predicted octanol–water partition coefficient (Wildman–Crippen LogP) is 1.15. The van der Waals surface area contributed by atoms with Gasteiger partial charge in [-0.2, -0.15) is 0 Å². The molecule has 0 radical (unpaired) electrons. The minimum absolute atomic E-state index is 0.0576. The van der Waals surface area contributed by atoms with E-state index in [-0.39, 0.29) is 5.56 Å². The number of hydrogen-bond acceptors (Lipinski definition) is 4. The van der Waals surface area contributed by atoms with E-state index in [1.165, 1.54) is 0 Å². The molecule has 0 aliphatic rings. The van der Waals surface area contributed by atoms with Gasteiger partial charge in [0.2, 0.25) is 0 Å². The molecule has 1 aromatic rings. The Morgan fingerprint density at radius 1 is 1.32 bits per heavy atom. The van der Waals surface area contributed by atoms with Crippen molar-refractivity contribution in [2.75, 3.05) is 26.2 Å². The van der Waals surface area contributed by atoms with E-state index in [1.54, 1.807) is 6.07 Å². The zero-order valence-electron chi connectivity index (χ0n) is 12.3. The van der Waals surface area contributed by atoms with E-state index in [0.29, 0.717) is 6.54 Å². The van der Waals surface area contributed by atoms with Crippen molar-refractivity contribution in [2.45, 2.75) is 40.2 Å². The van der Waals surface area contributed by atoms with Gasteiger partial charge in [0.25, 0.3) is 5.56 Å². The summed E-state index contributed by atoms with van der Waals surface area (Å²) in [4.78, 5) is 21.2. The Morgan fingerprint density at radius 3 is 2.68 bits per heavy atom. The third-order valence-electron chi connectivity index (χ3n) is 3.14. The van der Waals surface area contributed by atoms with Crippen LogP contribution < -0.4 is 10.9 Å². The molecule has 108 valence electrons. The van der Waals surface area contributed by atoms with E-state index in [0.717, 1.165) is 50.5 Å². The van der Waals surface area contributed by atoms with Crippen LogP contribution in [0.15, 0.2) is 10.9 Å². The second-order valence-corrected chi connectivity index (χ2v) is 4.64. The Hall–Kier alpha value is -1.20. The van der Waals surface area contributed by atoms with Gasteiger partial charge in [-0.1, -0.05) is 20.8 Å². The number of aromatic nitrogens is 2. The van der Waals surface area contributed by atoms with Crippen molar-refractivity contribution >= 4 is 0 Å². The summed E-state index contributed by atoms with van der Waals surface area (Å²) in [5.74, 6) is 0.785. The maximum absolute atomic E-state index is 11.6. The van der Waals surface area contributed by atoms with Gasteiger partial charge in [0.1, 0.15) is 5.82 Å². The average Bonchev–Trinajstić information content (AvgIpc) is 2.40. The molecular weight excluding hydrogens is 240 g/mol. The summed E-state index contributed by atoms with van der Waals surface area (Å²) in [6, 6.07) is 1.57. The van der Waals surface area contributed by atoms with Crippen LogP contribution in [0.5, 0.6) is 0 Å². The Bertz CT molecular complexity index is 412. The fraction of sp³-hybridized carbons (Fsp3) is 0.714. The van der Waals surface area contributed by atoms with Crippen molar-refractivity contribution in [3.63, 3.8) is 0 Å². The van der Waals surface area contributed by atoms with E-state index in [9.17, 15) is 4.79 Å². The summed E-state index contributed by atoms with van der Waals surface area (Å²) < 4.78 is 0. The SMILES string of the molecule is CCCNCc1cc(=O)[nH]c(CCN(CC)CC)n1. The zero-order valence-corrected chi connectivity index (χ0v) is 12.3. The van der Waals surface area contributed by atoms with Crippen molar-refractivity contribution in [1.29, 1.82) is 0 Å². The van der Waals surface area contributed by atoms with Crippen LogP contribution >= 0.6 is 0 Å². The first kappa shape index (κ1) is 15.9. The first-order valence-corrected chi connectivity index (χ1v) is 7.21. The molecule has 2 N–H and O–H groups in total. The van der Waals surface area contributed by atoms with Crippen molar-refractivity contribution < 1.29 is 0 Å². The van der Waals surface area contributed by atoms with Crippen LogP contribution in [-0.4, -0.2) is 41.0 Å². The van der Waals surface area contributed by atoms with Gasteiger partial charge in [-0.25, -0.2) is 4.98 Å². The molecule has 5 heteroatoms. The van der Waals surface area contributed by atoms with Gasteiger partial charge < -0.3 is 15.2 Å². The number of H-pyrrole nitrogens is 1. The predicted molar refractivity (Wildman–Crippen MR) is 78.3 cm³/mol. The lowest BCUT2D eigenvalue weighted by molar-refractivity contribution is 0.305. The number of likely N-dealkylation sites (N-methyl/N-ethyl adjacent to an activating group) is 1. The first-order valence-electron chi connectivity index (χ1n) is 7.21. The monoisotopic (exact) mass is 266 g/mol. The highest BCUT2D eigenvalue weighted by Crippen LogP contribution is 1.96. The van der Waals surface area contributed by atoms with Crippen molar-refractivity contribution in [3.05, 3.63) is 27.9 Å². The fourth-order valence-electron chi connectivity index (χ4n) is 1.97. The molecule has 5 nitrogen and oxygen atoms in total. The molecule has 0 spiro atoms. The highest BCUT2D eigenvalue weighted by molar-refractivity contribution is 5.03. The molecule has 0 aliphatic heterocycles. The lowest BCUT2D eigenvalue weighted by Crippen LogP contribution is -2.27. The van der Waals surface area contributed by atoms with E-state index < -0.39 is 0 Å². The van der Waals surface area contributed by atoms with Gasteiger partial charge in [0.05, 0.1) is 5.69 Å². The molecular formula is C14H26N4O. The van der Waals surface area contributed by atoms with Crippen LogP contribution in [0.4, 0.5) is 0 Å². The van der Waals surface area contributed by atoms with E-state index in [1.807, 2.05) is 0 Å². The molecule has 1 heterocycles. The molecule has 0 saturated carbocycles. The van der Waals surface area contributed by atoms with E-state index in [2.05, 4.69) is 41.0 Å². The molecule has 19 heavy (non-hydrogen) atoms. The Labute approximate surface area is 115 Å². The minimum Gasteiger partial charge on any atom is -0.311 e. The Morgan fingerprint density at radius 2 is 2.05 bits per heavy atom. The molecule has 0 amide bonds. The molecule has 0 aliphatic carbocycles. The summed E-state index contributed by atoms with van der Waals surface area (Å²) in [5.41, 5.74) is 0.768. The molecule has 0 bridgehead atoms. The van der Waals surface area contributed by atoms with Crippen LogP contribution in [0.2, 0.25) is 0 Å².